The molecule has 1 unspecified atom stereocenters. The van der Waals surface area contributed by atoms with E-state index in [9.17, 15) is 0 Å². The van der Waals surface area contributed by atoms with E-state index in [2.05, 4.69) is 42.6 Å². The Morgan fingerprint density at radius 2 is 2.19 bits per heavy atom. The Hall–Kier alpha value is -0.830. The molecule has 3 heteroatoms. The van der Waals surface area contributed by atoms with Crippen LogP contribution < -0.4 is 5.32 Å². The first-order valence-corrected chi connectivity index (χ1v) is 6.36. The molecule has 1 atom stereocenters. The molecule has 0 saturated carbocycles. The quantitative estimate of drug-likeness (QED) is 0.770. The van der Waals surface area contributed by atoms with Crippen LogP contribution in [0.25, 0.3) is 0 Å². The summed E-state index contributed by atoms with van der Waals surface area (Å²) in [6.45, 7) is 10.9. The molecule has 1 heterocycles. The number of nitrogens with zero attached hydrogens (tertiary/aromatic N) is 2. The van der Waals surface area contributed by atoms with E-state index in [-0.39, 0.29) is 0 Å². The Labute approximate surface area is 99.3 Å². The van der Waals surface area contributed by atoms with Gasteiger partial charge in [-0.15, -0.1) is 0 Å². The summed E-state index contributed by atoms with van der Waals surface area (Å²) in [5.74, 6) is 0. The highest BCUT2D eigenvalue weighted by Gasteiger charge is 2.03. The standard InChI is InChI=1S/C13H25N3/c1-5-8-14-11(2)7-6-9-16-10-15-12(3)13(16)4/h10-11,14H,5-9H2,1-4H3. The molecule has 16 heavy (non-hydrogen) atoms. The fraction of sp³-hybridized carbons (Fsp3) is 0.769. The van der Waals surface area contributed by atoms with Crippen LogP contribution in [0.2, 0.25) is 0 Å². The van der Waals surface area contributed by atoms with Crippen molar-refractivity contribution in [3.8, 4) is 0 Å². The van der Waals surface area contributed by atoms with Crippen molar-refractivity contribution >= 4 is 0 Å². The van der Waals surface area contributed by atoms with Crippen molar-refractivity contribution in [2.45, 2.75) is 59.5 Å². The summed E-state index contributed by atoms with van der Waals surface area (Å²) in [6.07, 6.45) is 5.62. The van der Waals surface area contributed by atoms with Gasteiger partial charge in [0.1, 0.15) is 0 Å². The number of aromatic nitrogens is 2. The average Bonchev–Trinajstić information content (AvgIpc) is 2.58. The number of imidazole rings is 1. The number of hydrogen-bond donors (Lipinski definition) is 1. The van der Waals surface area contributed by atoms with Gasteiger partial charge in [-0.25, -0.2) is 4.98 Å². The summed E-state index contributed by atoms with van der Waals surface area (Å²) in [6, 6.07) is 0.630. The lowest BCUT2D eigenvalue weighted by atomic mass is 10.2. The predicted molar refractivity (Wildman–Crippen MR) is 68.7 cm³/mol. The highest BCUT2D eigenvalue weighted by Crippen LogP contribution is 2.07. The first-order chi connectivity index (χ1) is 7.65. The maximum Gasteiger partial charge on any atom is 0.0951 e. The largest absolute Gasteiger partial charge is 0.335 e. The molecule has 1 N–H and O–H groups in total. The molecule has 0 aliphatic carbocycles. The van der Waals surface area contributed by atoms with Crippen molar-refractivity contribution in [2.75, 3.05) is 6.54 Å². The molecule has 0 fully saturated rings. The van der Waals surface area contributed by atoms with Gasteiger partial charge in [-0.1, -0.05) is 6.92 Å². The third kappa shape index (κ3) is 3.97. The smallest absolute Gasteiger partial charge is 0.0951 e. The molecule has 0 spiro atoms. The summed E-state index contributed by atoms with van der Waals surface area (Å²) in [4.78, 5) is 4.31. The topological polar surface area (TPSA) is 29.9 Å². The molecule has 0 aromatic carbocycles. The molecule has 0 radical (unpaired) electrons. The molecule has 0 amide bonds. The zero-order valence-electron chi connectivity index (χ0n) is 11.1. The Kier molecular flexibility index (Phi) is 5.53. The van der Waals surface area contributed by atoms with Crippen molar-refractivity contribution in [1.29, 1.82) is 0 Å². The molecular weight excluding hydrogens is 198 g/mol. The molecule has 0 bridgehead atoms. The number of nitrogens with one attached hydrogen (secondary N) is 1. The Morgan fingerprint density at radius 3 is 2.75 bits per heavy atom. The van der Waals surface area contributed by atoms with Crippen molar-refractivity contribution < 1.29 is 0 Å². The highest BCUT2D eigenvalue weighted by molar-refractivity contribution is 5.08. The van der Waals surface area contributed by atoms with Gasteiger partial charge in [0.2, 0.25) is 0 Å². The van der Waals surface area contributed by atoms with Gasteiger partial charge < -0.3 is 9.88 Å². The zero-order chi connectivity index (χ0) is 12.0. The first kappa shape index (κ1) is 13.2. The van der Waals surface area contributed by atoms with Crippen LogP contribution in [-0.4, -0.2) is 22.1 Å². The van der Waals surface area contributed by atoms with Gasteiger partial charge in [-0.2, -0.15) is 0 Å². The van der Waals surface area contributed by atoms with Crippen molar-refractivity contribution in [2.24, 2.45) is 0 Å². The Morgan fingerprint density at radius 1 is 1.44 bits per heavy atom. The predicted octanol–water partition coefficient (Wildman–Crippen LogP) is 2.67. The van der Waals surface area contributed by atoms with Crippen LogP contribution in [0, 0.1) is 13.8 Å². The highest BCUT2D eigenvalue weighted by atomic mass is 15.0. The third-order valence-corrected chi connectivity index (χ3v) is 3.12. The van der Waals surface area contributed by atoms with Crippen LogP contribution >= 0.6 is 0 Å². The van der Waals surface area contributed by atoms with Crippen LogP contribution in [-0.2, 0) is 6.54 Å². The minimum atomic E-state index is 0.630. The summed E-state index contributed by atoms with van der Waals surface area (Å²) < 4.78 is 2.25. The van der Waals surface area contributed by atoms with Gasteiger partial charge in [0.25, 0.3) is 0 Å². The molecule has 1 aromatic rings. The summed E-state index contributed by atoms with van der Waals surface area (Å²) in [5.41, 5.74) is 2.45. The summed E-state index contributed by atoms with van der Waals surface area (Å²) in [7, 11) is 0. The number of aryl methyl sites for hydroxylation is 2. The second-order valence-corrected chi connectivity index (χ2v) is 4.61. The fourth-order valence-electron chi connectivity index (χ4n) is 1.83. The first-order valence-electron chi connectivity index (χ1n) is 6.36. The van der Waals surface area contributed by atoms with Gasteiger partial charge in [0.05, 0.1) is 12.0 Å². The van der Waals surface area contributed by atoms with Crippen LogP contribution in [0.3, 0.4) is 0 Å². The minimum Gasteiger partial charge on any atom is -0.335 e. The number of hydrogen-bond acceptors (Lipinski definition) is 2. The van der Waals surface area contributed by atoms with Crippen LogP contribution in [0.4, 0.5) is 0 Å². The van der Waals surface area contributed by atoms with E-state index in [1.807, 2.05) is 6.33 Å². The van der Waals surface area contributed by atoms with E-state index in [0.717, 1.165) is 18.8 Å². The lowest BCUT2D eigenvalue weighted by Crippen LogP contribution is -2.26. The lowest BCUT2D eigenvalue weighted by Gasteiger charge is -2.13. The van der Waals surface area contributed by atoms with Crippen LogP contribution in [0.15, 0.2) is 6.33 Å². The van der Waals surface area contributed by atoms with E-state index in [1.54, 1.807) is 0 Å². The second-order valence-electron chi connectivity index (χ2n) is 4.61. The molecule has 3 nitrogen and oxygen atoms in total. The fourth-order valence-corrected chi connectivity index (χ4v) is 1.83. The molecule has 92 valence electrons. The third-order valence-electron chi connectivity index (χ3n) is 3.12. The summed E-state index contributed by atoms with van der Waals surface area (Å²) >= 11 is 0. The normalized spacial score (nSPS) is 13.0. The Balaban J connectivity index is 2.22. The van der Waals surface area contributed by atoms with Gasteiger partial charge in [-0.05, 0) is 46.6 Å². The van der Waals surface area contributed by atoms with Gasteiger partial charge in [-0.3, -0.25) is 0 Å². The molecule has 0 aliphatic heterocycles. The van der Waals surface area contributed by atoms with E-state index in [4.69, 9.17) is 0 Å². The molecule has 0 aliphatic rings. The second kappa shape index (κ2) is 6.69. The number of rotatable bonds is 7. The van der Waals surface area contributed by atoms with Gasteiger partial charge in [0, 0.05) is 18.3 Å². The molecule has 0 saturated heterocycles. The average molecular weight is 223 g/mol. The lowest BCUT2D eigenvalue weighted by molar-refractivity contribution is 0.474. The zero-order valence-corrected chi connectivity index (χ0v) is 11.1. The van der Waals surface area contributed by atoms with Crippen molar-refractivity contribution in [3.63, 3.8) is 0 Å². The monoisotopic (exact) mass is 223 g/mol. The summed E-state index contributed by atoms with van der Waals surface area (Å²) in [5, 5.41) is 3.51. The van der Waals surface area contributed by atoms with E-state index < -0.39 is 0 Å². The molecule has 1 rings (SSSR count). The van der Waals surface area contributed by atoms with E-state index in [0.29, 0.717) is 6.04 Å². The van der Waals surface area contributed by atoms with Gasteiger partial charge >= 0.3 is 0 Å². The maximum absolute atomic E-state index is 4.31. The molecular formula is C13H25N3. The van der Waals surface area contributed by atoms with E-state index >= 15 is 0 Å². The van der Waals surface area contributed by atoms with E-state index in [1.165, 1.54) is 25.0 Å². The van der Waals surface area contributed by atoms with Crippen molar-refractivity contribution in [3.05, 3.63) is 17.7 Å². The minimum absolute atomic E-state index is 0.630. The maximum atomic E-state index is 4.31. The van der Waals surface area contributed by atoms with Crippen LogP contribution in [0.5, 0.6) is 0 Å². The SMILES string of the molecule is CCCNC(C)CCCn1cnc(C)c1C. The van der Waals surface area contributed by atoms with Crippen LogP contribution in [0.1, 0.15) is 44.5 Å². The van der Waals surface area contributed by atoms with Gasteiger partial charge in [0.15, 0.2) is 0 Å². The Bertz CT molecular complexity index is 304. The van der Waals surface area contributed by atoms with Crippen molar-refractivity contribution in [1.82, 2.24) is 14.9 Å². The molecule has 1 aromatic heterocycles.